The van der Waals surface area contributed by atoms with E-state index in [4.69, 9.17) is 4.74 Å². The van der Waals surface area contributed by atoms with Crippen molar-refractivity contribution in [2.24, 2.45) is 5.41 Å². The van der Waals surface area contributed by atoms with Crippen LogP contribution in [0.4, 0.5) is 13.2 Å². The smallest absolute Gasteiger partial charge is 0.376 e. The normalized spacial score (nSPS) is 30.7. The summed E-state index contributed by atoms with van der Waals surface area (Å²) in [5.41, 5.74) is -2.25. The first-order valence-corrected chi connectivity index (χ1v) is 7.59. The maximum Gasteiger partial charge on any atom is 0.404 e. The van der Waals surface area contributed by atoms with E-state index in [0.29, 0.717) is 19.6 Å². The molecule has 2 rings (SSSR count). The van der Waals surface area contributed by atoms with Crippen LogP contribution in [0.5, 0.6) is 0 Å². The van der Waals surface area contributed by atoms with Gasteiger partial charge in [0.2, 0.25) is 5.91 Å². The maximum atomic E-state index is 13.4. The van der Waals surface area contributed by atoms with E-state index >= 15 is 0 Å². The van der Waals surface area contributed by atoms with Gasteiger partial charge in [0.15, 0.2) is 5.41 Å². The first kappa shape index (κ1) is 16.5. The van der Waals surface area contributed by atoms with Gasteiger partial charge in [-0.2, -0.15) is 13.2 Å². The van der Waals surface area contributed by atoms with Gasteiger partial charge in [0.25, 0.3) is 0 Å². The molecule has 2 aliphatic heterocycles. The van der Waals surface area contributed by atoms with E-state index in [1.54, 1.807) is 0 Å². The zero-order chi connectivity index (χ0) is 15.5. The van der Waals surface area contributed by atoms with E-state index in [1.807, 2.05) is 6.92 Å². The fourth-order valence-electron chi connectivity index (χ4n) is 3.08. The Labute approximate surface area is 123 Å². The molecule has 0 spiro atoms. The molecule has 2 atom stereocenters. The molecule has 4 nitrogen and oxygen atoms in total. The average Bonchev–Trinajstić information content (AvgIpc) is 2.95. The van der Waals surface area contributed by atoms with Gasteiger partial charge >= 0.3 is 6.18 Å². The molecule has 2 aliphatic rings. The van der Waals surface area contributed by atoms with Crippen molar-refractivity contribution >= 4 is 5.91 Å². The highest BCUT2D eigenvalue weighted by Gasteiger charge is 2.62. The van der Waals surface area contributed by atoms with Crippen LogP contribution in [-0.2, 0) is 9.53 Å². The number of halogens is 3. The number of ether oxygens (including phenoxy) is 1. The molecule has 1 amide bonds. The van der Waals surface area contributed by atoms with Crippen molar-refractivity contribution in [3.63, 3.8) is 0 Å². The van der Waals surface area contributed by atoms with Crippen LogP contribution in [0.25, 0.3) is 0 Å². The van der Waals surface area contributed by atoms with Gasteiger partial charge in [-0.25, -0.2) is 0 Å². The number of nitrogens with one attached hydrogen (secondary N) is 1. The monoisotopic (exact) mass is 308 g/mol. The minimum Gasteiger partial charge on any atom is -0.376 e. The van der Waals surface area contributed by atoms with Crippen LogP contribution in [0.2, 0.25) is 0 Å². The van der Waals surface area contributed by atoms with E-state index in [0.717, 1.165) is 12.8 Å². The van der Waals surface area contributed by atoms with E-state index in [2.05, 4.69) is 5.32 Å². The third-order valence-corrected chi connectivity index (χ3v) is 4.33. The summed E-state index contributed by atoms with van der Waals surface area (Å²) >= 11 is 0. The molecule has 21 heavy (non-hydrogen) atoms. The molecule has 0 aromatic heterocycles. The zero-order valence-corrected chi connectivity index (χ0v) is 12.3. The first-order chi connectivity index (χ1) is 9.90. The van der Waals surface area contributed by atoms with E-state index in [1.165, 1.54) is 4.90 Å². The van der Waals surface area contributed by atoms with Crippen LogP contribution in [0.15, 0.2) is 0 Å². The van der Waals surface area contributed by atoms with Gasteiger partial charge in [0, 0.05) is 26.2 Å². The third kappa shape index (κ3) is 3.34. The summed E-state index contributed by atoms with van der Waals surface area (Å²) in [7, 11) is 0. The van der Waals surface area contributed by atoms with Crippen molar-refractivity contribution in [3.05, 3.63) is 0 Å². The second kappa shape index (κ2) is 6.52. The molecule has 2 fully saturated rings. The van der Waals surface area contributed by atoms with Crippen molar-refractivity contribution in [1.82, 2.24) is 10.2 Å². The molecule has 0 saturated carbocycles. The molecular weight excluding hydrogens is 285 g/mol. The highest BCUT2D eigenvalue weighted by Crippen LogP contribution is 2.44. The number of carbonyl (C=O) groups excluding carboxylic acids is 1. The Balaban J connectivity index is 2.07. The lowest BCUT2D eigenvalue weighted by Crippen LogP contribution is -2.56. The molecule has 2 unspecified atom stereocenters. The number of amides is 1. The zero-order valence-electron chi connectivity index (χ0n) is 12.3. The van der Waals surface area contributed by atoms with Crippen LogP contribution in [-0.4, -0.2) is 55.9 Å². The Morgan fingerprint density at radius 3 is 2.81 bits per heavy atom. The largest absolute Gasteiger partial charge is 0.404 e. The van der Waals surface area contributed by atoms with Crippen LogP contribution in [0.3, 0.4) is 0 Å². The van der Waals surface area contributed by atoms with Gasteiger partial charge in [-0.1, -0.05) is 6.92 Å². The molecule has 2 saturated heterocycles. The molecule has 7 heteroatoms. The fraction of sp³-hybridized carbons (Fsp3) is 0.929. The Morgan fingerprint density at radius 1 is 1.48 bits per heavy atom. The number of carbonyl (C=O) groups is 1. The van der Waals surface area contributed by atoms with Gasteiger partial charge in [0.1, 0.15) is 0 Å². The number of nitrogens with zero attached hydrogens (tertiary/aromatic N) is 1. The second-order valence-electron chi connectivity index (χ2n) is 5.89. The van der Waals surface area contributed by atoms with Gasteiger partial charge in [-0.3, -0.25) is 4.79 Å². The van der Waals surface area contributed by atoms with Crippen molar-refractivity contribution < 1.29 is 22.7 Å². The number of hydrogen-bond donors (Lipinski definition) is 1. The predicted octanol–water partition coefficient (Wildman–Crippen LogP) is 1.95. The molecule has 0 radical (unpaired) electrons. The second-order valence-corrected chi connectivity index (χ2v) is 5.89. The quantitative estimate of drug-likeness (QED) is 0.863. The lowest BCUT2D eigenvalue weighted by Gasteiger charge is -2.39. The minimum absolute atomic E-state index is 0.137. The van der Waals surface area contributed by atoms with Gasteiger partial charge in [-0.15, -0.1) is 0 Å². The third-order valence-electron chi connectivity index (χ3n) is 4.33. The molecular formula is C14H23F3N2O2. The summed E-state index contributed by atoms with van der Waals surface area (Å²) in [6.45, 7) is 3.15. The van der Waals surface area contributed by atoms with E-state index < -0.39 is 17.5 Å². The Morgan fingerprint density at radius 2 is 2.24 bits per heavy atom. The maximum absolute atomic E-state index is 13.4. The van der Waals surface area contributed by atoms with Gasteiger partial charge in [0.05, 0.1) is 6.10 Å². The Hall–Kier alpha value is -0.820. The first-order valence-electron chi connectivity index (χ1n) is 7.59. The topological polar surface area (TPSA) is 41.6 Å². The molecule has 1 N–H and O–H groups in total. The van der Waals surface area contributed by atoms with Crippen LogP contribution in [0, 0.1) is 5.41 Å². The van der Waals surface area contributed by atoms with E-state index in [9.17, 15) is 18.0 Å². The fourth-order valence-corrected chi connectivity index (χ4v) is 3.08. The standard InChI is InChI=1S/C14H23F3N2O2/c1-2-8-21-11-4-3-7-19(9-11)12(20)13(14(15,16)17)5-6-18-10-13/h11,18H,2-10H2,1H3. The lowest BCUT2D eigenvalue weighted by molar-refractivity contribution is -0.223. The highest BCUT2D eigenvalue weighted by molar-refractivity contribution is 5.84. The molecule has 2 heterocycles. The highest BCUT2D eigenvalue weighted by atomic mass is 19.4. The summed E-state index contributed by atoms with van der Waals surface area (Å²) in [4.78, 5) is 13.9. The Kier molecular flexibility index (Phi) is 5.14. The Bertz CT molecular complexity index is 368. The van der Waals surface area contributed by atoms with Crippen molar-refractivity contribution in [2.45, 2.75) is 44.9 Å². The molecule has 0 aliphatic carbocycles. The minimum atomic E-state index is -4.51. The van der Waals surface area contributed by atoms with E-state index in [-0.39, 0.29) is 32.2 Å². The lowest BCUT2D eigenvalue weighted by atomic mass is 9.84. The SMILES string of the molecule is CCCOC1CCCN(C(=O)C2(C(F)(F)F)CCNC2)C1. The molecule has 122 valence electrons. The summed E-state index contributed by atoms with van der Waals surface area (Å²) in [6.07, 6.45) is -2.46. The summed E-state index contributed by atoms with van der Waals surface area (Å²) in [6, 6.07) is 0. The van der Waals surface area contributed by atoms with Crippen LogP contribution in [0.1, 0.15) is 32.6 Å². The van der Waals surface area contributed by atoms with Crippen molar-refractivity contribution in [1.29, 1.82) is 0 Å². The number of hydrogen-bond acceptors (Lipinski definition) is 3. The van der Waals surface area contributed by atoms with Crippen LogP contribution < -0.4 is 5.32 Å². The molecule has 0 bridgehead atoms. The predicted molar refractivity (Wildman–Crippen MR) is 71.8 cm³/mol. The van der Waals surface area contributed by atoms with Crippen molar-refractivity contribution in [2.75, 3.05) is 32.8 Å². The van der Waals surface area contributed by atoms with Crippen molar-refractivity contribution in [3.8, 4) is 0 Å². The summed E-state index contributed by atoms with van der Waals surface area (Å²) in [5.74, 6) is -0.787. The number of rotatable bonds is 4. The number of alkyl halides is 3. The summed E-state index contributed by atoms with van der Waals surface area (Å²) < 4.78 is 45.8. The molecule has 0 aromatic carbocycles. The van der Waals surface area contributed by atoms with Gasteiger partial charge < -0.3 is 15.0 Å². The number of piperidine rings is 1. The summed E-state index contributed by atoms with van der Waals surface area (Å²) in [5, 5.41) is 2.69. The van der Waals surface area contributed by atoms with Gasteiger partial charge in [-0.05, 0) is 32.2 Å². The number of likely N-dealkylation sites (tertiary alicyclic amines) is 1. The average molecular weight is 308 g/mol. The molecule has 0 aromatic rings. The van der Waals surface area contributed by atoms with Crippen LogP contribution >= 0.6 is 0 Å².